The van der Waals surface area contributed by atoms with E-state index in [-0.39, 0.29) is 10.9 Å². The van der Waals surface area contributed by atoms with Crippen LogP contribution in [0, 0.1) is 0 Å². The molecule has 14 heavy (non-hydrogen) atoms. The van der Waals surface area contributed by atoms with E-state index < -0.39 is 16.1 Å². The van der Waals surface area contributed by atoms with Crippen LogP contribution in [0.1, 0.15) is 34.6 Å². The molecule has 0 aromatic heterocycles. The van der Waals surface area contributed by atoms with Gasteiger partial charge < -0.3 is 8.99 Å². The molecule has 2 unspecified atom stereocenters. The summed E-state index contributed by atoms with van der Waals surface area (Å²) in [5, 5.41) is 0.206. The Morgan fingerprint density at radius 2 is 1.79 bits per heavy atom. The molecule has 0 aliphatic rings. The zero-order valence-corrected chi connectivity index (χ0v) is 12.6. The average Bonchev–Trinajstić information content (AvgIpc) is 2.00. The molecule has 0 saturated carbocycles. The first-order chi connectivity index (χ1) is 6.12. The van der Waals surface area contributed by atoms with Crippen LogP contribution in [-0.2, 0) is 8.99 Å². The molecule has 0 bridgehead atoms. The topological polar surface area (TPSA) is 26.3 Å². The molecule has 0 radical (unpaired) electrons. The molecule has 0 aromatic rings. The lowest BCUT2D eigenvalue weighted by molar-refractivity contribution is 0.268. The molecule has 0 aliphatic carbocycles. The molecule has 0 heterocycles. The molecule has 0 saturated heterocycles. The standard InChI is InChI=1S/C10H25O2PSi/c1-8-13(11)9(2)12-14(6,7)10(3,4)5/h9,13H,8H2,1-7H3. The lowest BCUT2D eigenvalue weighted by atomic mass is 10.2. The van der Waals surface area contributed by atoms with Crippen LogP contribution < -0.4 is 0 Å². The van der Waals surface area contributed by atoms with Crippen LogP contribution in [0.2, 0.25) is 18.1 Å². The van der Waals surface area contributed by atoms with E-state index in [1.165, 1.54) is 0 Å². The van der Waals surface area contributed by atoms with Crippen LogP contribution >= 0.6 is 7.80 Å². The summed E-state index contributed by atoms with van der Waals surface area (Å²) in [5.41, 5.74) is 0. The van der Waals surface area contributed by atoms with Gasteiger partial charge in [0.1, 0.15) is 7.80 Å². The van der Waals surface area contributed by atoms with Crippen LogP contribution in [-0.4, -0.2) is 20.3 Å². The Morgan fingerprint density at radius 3 is 2.07 bits per heavy atom. The fourth-order valence-electron chi connectivity index (χ4n) is 0.972. The molecule has 2 atom stereocenters. The first-order valence-corrected chi connectivity index (χ1v) is 9.92. The maximum absolute atomic E-state index is 11.6. The van der Waals surface area contributed by atoms with E-state index in [1.807, 2.05) is 13.8 Å². The van der Waals surface area contributed by atoms with Gasteiger partial charge >= 0.3 is 0 Å². The van der Waals surface area contributed by atoms with Gasteiger partial charge in [0.25, 0.3) is 0 Å². The van der Waals surface area contributed by atoms with Gasteiger partial charge in [0.15, 0.2) is 8.32 Å². The molecular formula is C10H25O2PSi. The lowest BCUT2D eigenvalue weighted by Crippen LogP contribution is -2.42. The Morgan fingerprint density at radius 1 is 1.36 bits per heavy atom. The molecule has 0 amide bonds. The van der Waals surface area contributed by atoms with Crippen LogP contribution in [0.5, 0.6) is 0 Å². The van der Waals surface area contributed by atoms with Gasteiger partial charge in [-0.05, 0) is 31.2 Å². The van der Waals surface area contributed by atoms with E-state index in [4.69, 9.17) is 4.43 Å². The fourth-order valence-corrected chi connectivity index (χ4v) is 4.19. The molecule has 0 aromatic carbocycles. The van der Waals surface area contributed by atoms with E-state index in [9.17, 15) is 4.57 Å². The third-order valence-corrected chi connectivity index (χ3v) is 9.59. The maximum atomic E-state index is 11.6. The summed E-state index contributed by atoms with van der Waals surface area (Å²) in [5.74, 6) is -0.0501. The predicted molar refractivity (Wildman–Crippen MR) is 67.3 cm³/mol. The summed E-state index contributed by atoms with van der Waals surface area (Å²) in [6.07, 6.45) is 0.750. The van der Waals surface area contributed by atoms with Crippen LogP contribution in [0.15, 0.2) is 0 Å². The Labute approximate surface area is 90.3 Å². The molecule has 0 rings (SSSR count). The number of rotatable bonds is 4. The third kappa shape index (κ3) is 3.88. The second-order valence-corrected chi connectivity index (χ2v) is 12.5. The zero-order chi connectivity index (χ0) is 11.6. The molecule has 4 heteroatoms. The van der Waals surface area contributed by atoms with Crippen molar-refractivity contribution >= 4 is 16.1 Å². The van der Waals surface area contributed by atoms with Gasteiger partial charge in [-0.15, -0.1) is 0 Å². The van der Waals surface area contributed by atoms with Gasteiger partial charge in [-0.3, -0.25) is 0 Å². The second-order valence-electron chi connectivity index (χ2n) is 5.34. The smallest absolute Gasteiger partial charge is 0.193 e. The largest absolute Gasteiger partial charge is 0.408 e. The number of hydrogen-bond donors (Lipinski definition) is 0. The predicted octanol–water partition coefficient (Wildman–Crippen LogP) is 3.93. The van der Waals surface area contributed by atoms with E-state index >= 15 is 0 Å². The highest BCUT2D eigenvalue weighted by Crippen LogP contribution is 2.40. The van der Waals surface area contributed by atoms with Gasteiger partial charge in [-0.1, -0.05) is 27.7 Å². The average molecular weight is 236 g/mol. The van der Waals surface area contributed by atoms with Crippen LogP contribution in [0.3, 0.4) is 0 Å². The Hall–Kier alpha value is 0.407. The quantitative estimate of drug-likeness (QED) is 0.546. The van der Waals surface area contributed by atoms with Crippen molar-refractivity contribution in [3.05, 3.63) is 0 Å². The monoisotopic (exact) mass is 236 g/mol. The molecule has 0 fully saturated rings. The van der Waals surface area contributed by atoms with E-state index in [0.717, 1.165) is 6.16 Å². The van der Waals surface area contributed by atoms with E-state index in [1.54, 1.807) is 0 Å². The van der Waals surface area contributed by atoms with Gasteiger partial charge in [0, 0.05) is 0 Å². The van der Waals surface area contributed by atoms with Gasteiger partial charge in [-0.25, -0.2) is 0 Å². The van der Waals surface area contributed by atoms with Crippen molar-refractivity contribution in [1.82, 2.24) is 0 Å². The first-order valence-electron chi connectivity index (χ1n) is 5.32. The number of hydrogen-bond acceptors (Lipinski definition) is 2. The molecule has 0 N–H and O–H groups in total. The molecule has 0 spiro atoms. The van der Waals surface area contributed by atoms with E-state index in [0.29, 0.717) is 0 Å². The summed E-state index contributed by atoms with van der Waals surface area (Å²) in [6, 6.07) is 0. The van der Waals surface area contributed by atoms with Crippen molar-refractivity contribution in [2.45, 2.75) is 58.6 Å². The van der Waals surface area contributed by atoms with Crippen molar-refractivity contribution < 1.29 is 8.99 Å². The van der Waals surface area contributed by atoms with Crippen LogP contribution in [0.4, 0.5) is 0 Å². The molecular weight excluding hydrogens is 211 g/mol. The summed E-state index contributed by atoms with van der Waals surface area (Å²) >= 11 is 0. The summed E-state index contributed by atoms with van der Waals surface area (Å²) in [4.78, 5) is 0. The van der Waals surface area contributed by atoms with Gasteiger partial charge in [0.05, 0.1) is 5.85 Å². The summed E-state index contributed by atoms with van der Waals surface area (Å²) in [7, 11) is -3.26. The highest BCUT2D eigenvalue weighted by Gasteiger charge is 2.38. The summed E-state index contributed by atoms with van der Waals surface area (Å²) < 4.78 is 17.6. The minimum absolute atomic E-state index is 0.0501. The van der Waals surface area contributed by atoms with Crippen molar-refractivity contribution in [1.29, 1.82) is 0 Å². The van der Waals surface area contributed by atoms with E-state index in [2.05, 4.69) is 33.9 Å². The van der Waals surface area contributed by atoms with Crippen molar-refractivity contribution in [3.8, 4) is 0 Å². The summed E-state index contributed by atoms with van der Waals surface area (Å²) in [6.45, 7) is 14.9. The molecule has 86 valence electrons. The molecule has 0 aliphatic heterocycles. The lowest BCUT2D eigenvalue weighted by Gasteiger charge is -2.38. The third-order valence-electron chi connectivity index (χ3n) is 3.08. The highest BCUT2D eigenvalue weighted by molar-refractivity contribution is 7.45. The Bertz CT molecular complexity index is 209. The minimum Gasteiger partial charge on any atom is -0.408 e. The first kappa shape index (κ1) is 14.4. The van der Waals surface area contributed by atoms with Gasteiger partial charge in [0.2, 0.25) is 0 Å². The molecule has 2 nitrogen and oxygen atoms in total. The second kappa shape index (κ2) is 4.96. The fraction of sp³-hybridized carbons (Fsp3) is 1.00. The van der Waals surface area contributed by atoms with Crippen molar-refractivity contribution in [2.24, 2.45) is 0 Å². The maximum Gasteiger partial charge on any atom is 0.193 e. The zero-order valence-electron chi connectivity index (χ0n) is 10.6. The van der Waals surface area contributed by atoms with Crippen molar-refractivity contribution in [3.63, 3.8) is 0 Å². The Balaban J connectivity index is 4.44. The van der Waals surface area contributed by atoms with Crippen molar-refractivity contribution in [2.75, 3.05) is 6.16 Å². The minimum atomic E-state index is -1.72. The SMILES string of the molecule is CC[PH](=O)C(C)O[Si](C)(C)C(C)(C)C. The normalized spacial score (nSPS) is 17.9. The van der Waals surface area contributed by atoms with Crippen LogP contribution in [0.25, 0.3) is 0 Å². The Kier molecular flexibility index (Phi) is 5.10. The highest BCUT2D eigenvalue weighted by atomic mass is 31.1. The van der Waals surface area contributed by atoms with Gasteiger partial charge in [-0.2, -0.15) is 0 Å².